The molecule has 1 aliphatic carbocycles. The highest BCUT2D eigenvalue weighted by Crippen LogP contribution is 2.35. The van der Waals surface area contributed by atoms with Crippen molar-refractivity contribution in [3.05, 3.63) is 48.3 Å². The topological polar surface area (TPSA) is 30.9 Å². The Labute approximate surface area is 164 Å². The summed E-state index contributed by atoms with van der Waals surface area (Å²) in [5, 5.41) is 0. The van der Waals surface area contributed by atoms with Crippen molar-refractivity contribution in [2.24, 2.45) is 5.41 Å². The van der Waals surface area contributed by atoms with Gasteiger partial charge in [-0.15, -0.1) is 0 Å². The van der Waals surface area contributed by atoms with Gasteiger partial charge in [-0.05, 0) is 38.6 Å². The first-order valence-electron chi connectivity index (χ1n) is 9.75. The Balaban J connectivity index is 1.68. The van der Waals surface area contributed by atoms with Gasteiger partial charge in [-0.1, -0.05) is 30.7 Å². The fraction of sp³-hybridized carbons (Fsp3) is 0.619. The molecule has 7 heteroatoms. The summed E-state index contributed by atoms with van der Waals surface area (Å²) >= 11 is 0. The molecule has 28 heavy (non-hydrogen) atoms. The number of likely N-dealkylation sites (tertiary alicyclic amines) is 1. The summed E-state index contributed by atoms with van der Waals surface area (Å²) in [5.74, 6) is 0.735. The lowest BCUT2D eigenvalue weighted by molar-refractivity contribution is -0.182. The highest BCUT2D eigenvalue weighted by Gasteiger charge is 2.38. The molecular weight excluding hydrogens is 371 g/mol. The van der Waals surface area contributed by atoms with Gasteiger partial charge in [0.2, 0.25) is 0 Å². The zero-order chi connectivity index (χ0) is 20.0. The van der Waals surface area contributed by atoms with E-state index in [9.17, 15) is 13.2 Å². The first kappa shape index (κ1) is 21.0. The molecule has 0 aromatic rings. The van der Waals surface area contributed by atoms with Gasteiger partial charge in [-0.25, -0.2) is 0 Å². The van der Waals surface area contributed by atoms with Crippen LogP contribution in [0, 0.1) is 5.41 Å². The molecule has 2 heterocycles. The van der Waals surface area contributed by atoms with E-state index < -0.39 is 12.8 Å². The summed E-state index contributed by atoms with van der Waals surface area (Å²) in [6.07, 6.45) is 11.3. The van der Waals surface area contributed by atoms with Gasteiger partial charge >= 0.3 is 6.18 Å². The monoisotopic (exact) mass is 399 g/mol. The summed E-state index contributed by atoms with van der Waals surface area (Å²) in [7, 11) is 0. The molecule has 0 saturated carbocycles. The number of hydrogen-bond acceptors (Lipinski definition) is 4. The number of hydrogen-bond donors (Lipinski definition) is 0. The molecular formula is C21H28F3NO3. The molecule has 0 N–H and O–H groups in total. The molecule has 2 aliphatic heterocycles. The number of alkyl halides is 3. The van der Waals surface area contributed by atoms with E-state index in [-0.39, 0.29) is 18.1 Å². The van der Waals surface area contributed by atoms with E-state index in [1.54, 1.807) is 6.26 Å². The van der Waals surface area contributed by atoms with Crippen LogP contribution in [-0.4, -0.2) is 43.4 Å². The highest BCUT2D eigenvalue weighted by molar-refractivity contribution is 5.21. The van der Waals surface area contributed by atoms with E-state index in [1.165, 1.54) is 18.1 Å². The van der Waals surface area contributed by atoms with Crippen molar-refractivity contribution in [2.45, 2.75) is 51.2 Å². The van der Waals surface area contributed by atoms with E-state index >= 15 is 0 Å². The number of ether oxygens (including phenoxy) is 3. The molecule has 0 amide bonds. The Morgan fingerprint density at radius 3 is 2.86 bits per heavy atom. The lowest BCUT2D eigenvalue weighted by Crippen LogP contribution is -2.49. The van der Waals surface area contributed by atoms with Crippen molar-refractivity contribution in [3.63, 3.8) is 0 Å². The van der Waals surface area contributed by atoms with Gasteiger partial charge in [0, 0.05) is 12.0 Å². The third kappa shape index (κ3) is 6.14. The maximum atomic E-state index is 12.5. The van der Waals surface area contributed by atoms with Crippen LogP contribution in [0.1, 0.15) is 39.0 Å². The van der Waals surface area contributed by atoms with Crippen LogP contribution in [0.25, 0.3) is 0 Å². The van der Waals surface area contributed by atoms with Crippen LogP contribution in [0.4, 0.5) is 13.2 Å². The summed E-state index contributed by atoms with van der Waals surface area (Å²) in [5.41, 5.74) is 1.02. The normalized spacial score (nSPS) is 26.9. The molecule has 0 bridgehead atoms. The number of piperidine rings is 1. The van der Waals surface area contributed by atoms with Gasteiger partial charge in [0.05, 0.1) is 12.6 Å². The van der Waals surface area contributed by atoms with Crippen LogP contribution in [-0.2, 0) is 14.2 Å². The fourth-order valence-electron chi connectivity index (χ4n) is 4.06. The zero-order valence-electron chi connectivity index (χ0n) is 16.2. The van der Waals surface area contributed by atoms with Crippen molar-refractivity contribution in [1.82, 2.24) is 4.90 Å². The first-order valence-corrected chi connectivity index (χ1v) is 9.75. The van der Waals surface area contributed by atoms with E-state index in [0.29, 0.717) is 6.54 Å². The van der Waals surface area contributed by atoms with Crippen LogP contribution in [0.3, 0.4) is 0 Å². The maximum absolute atomic E-state index is 12.5. The van der Waals surface area contributed by atoms with Crippen molar-refractivity contribution < 1.29 is 27.4 Å². The standard InChI is InChI=1S/C21H28F3NO3/c1-20(15-27-16-21(22,23)24)8-5-9-25(14-20)18(19-13-26-10-11-28-19)12-17-6-3-2-4-7-17/h2-3,6,10-11,13,18H,4-5,7-9,12,14-16H2,1H3. The Morgan fingerprint density at radius 1 is 1.32 bits per heavy atom. The Hall–Kier alpha value is -1.73. The van der Waals surface area contributed by atoms with Crippen molar-refractivity contribution in [2.75, 3.05) is 26.3 Å². The second-order valence-electron chi connectivity index (χ2n) is 8.05. The third-order valence-electron chi connectivity index (χ3n) is 5.37. The second kappa shape index (κ2) is 9.18. The highest BCUT2D eigenvalue weighted by atomic mass is 19.4. The van der Waals surface area contributed by atoms with Crippen LogP contribution < -0.4 is 0 Å². The lowest BCUT2D eigenvalue weighted by atomic mass is 9.81. The van der Waals surface area contributed by atoms with Gasteiger partial charge in [-0.2, -0.15) is 13.2 Å². The molecule has 0 radical (unpaired) electrons. The molecule has 2 atom stereocenters. The molecule has 0 aromatic carbocycles. The third-order valence-corrected chi connectivity index (χ3v) is 5.37. The minimum atomic E-state index is -4.29. The first-order chi connectivity index (χ1) is 13.3. The largest absolute Gasteiger partial charge is 0.466 e. The average molecular weight is 399 g/mol. The minimum Gasteiger partial charge on any atom is -0.466 e. The molecule has 1 fully saturated rings. The predicted octanol–water partition coefficient (Wildman–Crippen LogP) is 5.06. The Bertz CT molecular complexity index is 654. The van der Waals surface area contributed by atoms with Crippen molar-refractivity contribution in [1.29, 1.82) is 0 Å². The minimum absolute atomic E-state index is 0.00931. The summed E-state index contributed by atoms with van der Waals surface area (Å²) in [4.78, 5) is 2.30. The van der Waals surface area contributed by atoms with E-state index in [0.717, 1.165) is 44.4 Å². The van der Waals surface area contributed by atoms with E-state index in [4.69, 9.17) is 14.2 Å². The molecule has 3 aliphatic rings. The van der Waals surface area contributed by atoms with Crippen LogP contribution >= 0.6 is 0 Å². The molecule has 0 aromatic heterocycles. The molecule has 156 valence electrons. The van der Waals surface area contributed by atoms with Gasteiger partial charge in [0.1, 0.15) is 25.4 Å². The number of nitrogens with zero attached hydrogens (tertiary/aromatic N) is 1. The van der Waals surface area contributed by atoms with Crippen LogP contribution in [0.15, 0.2) is 48.3 Å². The van der Waals surface area contributed by atoms with Crippen molar-refractivity contribution >= 4 is 0 Å². The molecule has 2 unspecified atom stereocenters. The second-order valence-corrected chi connectivity index (χ2v) is 8.05. The van der Waals surface area contributed by atoms with Gasteiger partial charge < -0.3 is 14.2 Å². The quantitative estimate of drug-likeness (QED) is 0.599. The predicted molar refractivity (Wildman–Crippen MR) is 100 cm³/mol. The summed E-state index contributed by atoms with van der Waals surface area (Å²) in [6, 6.07) is -0.00931. The van der Waals surface area contributed by atoms with E-state index in [1.807, 2.05) is 6.92 Å². The summed E-state index contributed by atoms with van der Waals surface area (Å²) in [6.45, 7) is 2.42. The van der Waals surface area contributed by atoms with Crippen LogP contribution in [0.2, 0.25) is 0 Å². The lowest BCUT2D eigenvalue weighted by Gasteiger charge is -2.44. The van der Waals surface area contributed by atoms with Crippen LogP contribution in [0.5, 0.6) is 0 Å². The molecule has 1 saturated heterocycles. The van der Waals surface area contributed by atoms with Crippen molar-refractivity contribution in [3.8, 4) is 0 Å². The maximum Gasteiger partial charge on any atom is 0.411 e. The van der Waals surface area contributed by atoms with Gasteiger partial charge in [-0.3, -0.25) is 4.90 Å². The average Bonchev–Trinajstić information content (AvgIpc) is 2.66. The van der Waals surface area contributed by atoms with E-state index in [2.05, 4.69) is 23.1 Å². The SMILES string of the molecule is CC1(COCC(F)(F)F)CCCN(C(CC2=CC=CCC2)C2=COC=CO2)C1. The molecule has 0 spiro atoms. The molecule has 3 rings (SSSR count). The van der Waals surface area contributed by atoms with Gasteiger partial charge in [0.15, 0.2) is 5.76 Å². The zero-order valence-corrected chi connectivity index (χ0v) is 16.2. The summed E-state index contributed by atoms with van der Waals surface area (Å²) < 4.78 is 53.4. The smallest absolute Gasteiger partial charge is 0.411 e. The Kier molecular flexibility index (Phi) is 6.88. The number of allylic oxidation sites excluding steroid dienone is 3. The van der Waals surface area contributed by atoms with Gasteiger partial charge in [0.25, 0.3) is 0 Å². The fourth-order valence-corrected chi connectivity index (χ4v) is 4.06. The number of rotatable bonds is 7. The number of halogens is 3. The molecule has 4 nitrogen and oxygen atoms in total. The Morgan fingerprint density at radius 2 is 2.18 bits per heavy atom.